The highest BCUT2D eigenvalue weighted by Gasteiger charge is 2.58. The van der Waals surface area contributed by atoms with Gasteiger partial charge in [0, 0.05) is 6.92 Å². The first-order chi connectivity index (χ1) is 14.5. The van der Waals surface area contributed by atoms with E-state index in [0.29, 0.717) is 5.56 Å². The van der Waals surface area contributed by atoms with Gasteiger partial charge in [-0.2, -0.15) is 0 Å². The number of phenols is 1. The molecular formula is C20H25NO10. The Hall–Kier alpha value is -2.83. The van der Waals surface area contributed by atoms with Gasteiger partial charge in [-0.3, -0.25) is 9.59 Å². The molecule has 11 heteroatoms. The molecule has 1 saturated heterocycles. The lowest BCUT2D eigenvalue weighted by Crippen LogP contribution is -2.72. The molecule has 1 aromatic carbocycles. The number of nitrogens with two attached hydrogens (primary N) is 1. The van der Waals surface area contributed by atoms with Crippen LogP contribution in [0.4, 0.5) is 0 Å². The molecule has 2 rings (SSSR count). The number of methoxy groups -OCH3 is 1. The second-order valence-corrected chi connectivity index (χ2v) is 7.00. The van der Waals surface area contributed by atoms with E-state index in [-0.39, 0.29) is 11.5 Å². The lowest BCUT2D eigenvalue weighted by molar-refractivity contribution is -0.301. The zero-order chi connectivity index (χ0) is 23.5. The first-order valence-corrected chi connectivity index (χ1v) is 9.22. The molecule has 6 N–H and O–H groups in total. The molecular weight excluding hydrogens is 414 g/mol. The molecule has 11 nitrogen and oxygen atoms in total. The average Bonchev–Trinajstić information content (AvgIpc) is 2.72. The van der Waals surface area contributed by atoms with Crippen molar-refractivity contribution in [1.82, 2.24) is 0 Å². The second-order valence-electron chi connectivity index (χ2n) is 7.00. The number of benzene rings is 1. The van der Waals surface area contributed by atoms with E-state index in [1.165, 1.54) is 25.3 Å². The summed E-state index contributed by atoms with van der Waals surface area (Å²) in [5.74, 6) is -5.56. The van der Waals surface area contributed by atoms with Crippen LogP contribution >= 0.6 is 0 Å². The van der Waals surface area contributed by atoms with Crippen molar-refractivity contribution in [1.29, 1.82) is 0 Å². The molecule has 1 fully saturated rings. The molecule has 5 atom stereocenters. The summed E-state index contributed by atoms with van der Waals surface area (Å²) in [6, 6.07) is 2.35. The fraction of sp³-hybridized carbons (Fsp3) is 0.450. The highest BCUT2D eigenvalue weighted by atomic mass is 16.7. The molecule has 1 heterocycles. The van der Waals surface area contributed by atoms with Crippen LogP contribution < -0.4 is 10.5 Å². The summed E-state index contributed by atoms with van der Waals surface area (Å²) >= 11 is 0. The Morgan fingerprint density at radius 2 is 1.87 bits per heavy atom. The van der Waals surface area contributed by atoms with Crippen molar-refractivity contribution in [3.05, 3.63) is 29.3 Å². The lowest BCUT2D eigenvalue weighted by Gasteiger charge is -2.46. The normalized spacial score (nSPS) is 28.7. The van der Waals surface area contributed by atoms with Crippen molar-refractivity contribution in [2.75, 3.05) is 13.7 Å². The van der Waals surface area contributed by atoms with Gasteiger partial charge in [0.25, 0.3) is 5.79 Å². The molecule has 1 aliphatic heterocycles. The lowest BCUT2D eigenvalue weighted by atomic mass is 9.88. The van der Waals surface area contributed by atoms with Gasteiger partial charge in [-0.1, -0.05) is 6.07 Å². The number of aliphatic hydroxyl groups excluding tert-OH is 3. The van der Waals surface area contributed by atoms with Crippen LogP contribution in [0.2, 0.25) is 0 Å². The number of carbonyl (C=O) groups excluding carboxylic acids is 3. The van der Waals surface area contributed by atoms with Crippen LogP contribution in [0.1, 0.15) is 19.4 Å². The number of esters is 1. The first-order valence-electron chi connectivity index (χ1n) is 9.22. The number of hydrogen-bond donors (Lipinski definition) is 5. The minimum Gasteiger partial charge on any atom is -0.504 e. The Bertz CT molecular complexity index is 896. The molecule has 31 heavy (non-hydrogen) atoms. The van der Waals surface area contributed by atoms with Crippen LogP contribution in [0, 0.1) is 0 Å². The number of aliphatic hydroxyl groups is 3. The molecule has 1 aliphatic rings. The fourth-order valence-corrected chi connectivity index (χ4v) is 3.10. The number of phenolic OH excluding ortho intramolecular Hbond substituents is 1. The molecule has 0 aliphatic carbocycles. The van der Waals surface area contributed by atoms with Crippen molar-refractivity contribution >= 4 is 23.6 Å². The van der Waals surface area contributed by atoms with Crippen LogP contribution in [-0.4, -0.2) is 81.8 Å². The summed E-state index contributed by atoms with van der Waals surface area (Å²) < 4.78 is 15.5. The quantitative estimate of drug-likeness (QED) is 0.146. The van der Waals surface area contributed by atoms with Gasteiger partial charge in [0.05, 0.1) is 13.7 Å². The van der Waals surface area contributed by atoms with Gasteiger partial charge < -0.3 is 40.4 Å². The summed E-state index contributed by atoms with van der Waals surface area (Å²) in [5.41, 5.74) is 5.64. The molecule has 0 amide bonds. The summed E-state index contributed by atoms with van der Waals surface area (Å²) in [6.07, 6.45) is -3.74. The number of ether oxygens (including phenoxy) is 3. The van der Waals surface area contributed by atoms with Gasteiger partial charge in [0.2, 0.25) is 5.78 Å². The first kappa shape index (κ1) is 24.4. The zero-order valence-corrected chi connectivity index (χ0v) is 17.1. The fourth-order valence-electron chi connectivity index (χ4n) is 3.10. The van der Waals surface area contributed by atoms with Gasteiger partial charge in [-0.15, -0.1) is 0 Å². The molecule has 1 aromatic rings. The standard InChI is InChI=1S/C20H25NO10/c1-9(23)12(6-11-4-5-13(25)14(7-11)29-3)19(28)31-20(10(2)24)18(21)17(27)16(26)15(8-22)30-20/h4-7,15-18,22,25-27H,8,21H2,1-3H3/b12-6+/t15-,16-,17+,18-,20?/m1/s1. The van der Waals surface area contributed by atoms with Crippen molar-refractivity contribution in [3.63, 3.8) is 0 Å². The summed E-state index contributed by atoms with van der Waals surface area (Å²) in [5, 5.41) is 39.2. The maximum Gasteiger partial charge on any atom is 0.344 e. The minimum atomic E-state index is -2.55. The second kappa shape index (κ2) is 9.54. The summed E-state index contributed by atoms with van der Waals surface area (Å²) in [6.45, 7) is 1.26. The maximum atomic E-state index is 12.8. The Labute approximate surface area is 177 Å². The van der Waals surface area contributed by atoms with Crippen molar-refractivity contribution in [2.24, 2.45) is 5.73 Å². The molecule has 0 radical (unpaired) electrons. The van der Waals surface area contributed by atoms with E-state index in [4.69, 9.17) is 19.9 Å². The van der Waals surface area contributed by atoms with E-state index in [1.54, 1.807) is 0 Å². The highest BCUT2D eigenvalue weighted by molar-refractivity contribution is 6.20. The Morgan fingerprint density at radius 3 is 2.39 bits per heavy atom. The van der Waals surface area contributed by atoms with Crippen LogP contribution in [0.3, 0.4) is 0 Å². The van der Waals surface area contributed by atoms with Gasteiger partial charge in [-0.25, -0.2) is 4.79 Å². The SMILES string of the molecule is COc1cc(/C=C(\C(C)=O)C(=O)OC2(C(C)=O)O[C@H](CO)[C@@H](O)[C@H](O)[C@H]2N)ccc1O. The molecule has 0 saturated carbocycles. The Balaban J connectivity index is 2.45. The number of ketones is 2. The van der Waals surface area contributed by atoms with Crippen molar-refractivity contribution in [2.45, 2.75) is 44.0 Å². The summed E-state index contributed by atoms with van der Waals surface area (Å²) in [4.78, 5) is 37.3. The molecule has 0 aromatic heterocycles. The Morgan fingerprint density at radius 1 is 1.23 bits per heavy atom. The van der Waals surface area contributed by atoms with Gasteiger partial charge in [-0.05, 0) is 30.7 Å². The number of aromatic hydroxyl groups is 1. The predicted molar refractivity (Wildman–Crippen MR) is 105 cm³/mol. The van der Waals surface area contributed by atoms with E-state index < -0.39 is 59.9 Å². The minimum absolute atomic E-state index is 0.0887. The highest BCUT2D eigenvalue weighted by Crippen LogP contribution is 2.33. The van der Waals surface area contributed by atoms with Crippen molar-refractivity contribution < 1.29 is 49.0 Å². The van der Waals surface area contributed by atoms with Gasteiger partial charge in [0.15, 0.2) is 17.3 Å². The molecule has 170 valence electrons. The predicted octanol–water partition coefficient (Wildman–Crippen LogP) is -1.36. The average molecular weight is 439 g/mol. The maximum absolute atomic E-state index is 12.8. The number of rotatable bonds is 7. The van der Waals surface area contributed by atoms with Gasteiger partial charge in [0.1, 0.15) is 29.9 Å². The largest absolute Gasteiger partial charge is 0.504 e. The van der Waals surface area contributed by atoms with E-state index in [2.05, 4.69) is 0 Å². The Kier molecular flexibility index (Phi) is 7.52. The van der Waals surface area contributed by atoms with E-state index >= 15 is 0 Å². The van der Waals surface area contributed by atoms with Crippen LogP contribution in [0.5, 0.6) is 11.5 Å². The van der Waals surface area contributed by atoms with Crippen LogP contribution in [-0.2, 0) is 23.9 Å². The third-order valence-electron chi connectivity index (χ3n) is 4.89. The monoisotopic (exact) mass is 439 g/mol. The van der Waals surface area contributed by atoms with E-state index in [9.17, 15) is 34.8 Å². The van der Waals surface area contributed by atoms with Crippen LogP contribution in [0.25, 0.3) is 6.08 Å². The third kappa shape index (κ3) is 4.75. The van der Waals surface area contributed by atoms with Crippen LogP contribution in [0.15, 0.2) is 23.8 Å². The molecule has 0 spiro atoms. The van der Waals surface area contributed by atoms with Crippen molar-refractivity contribution in [3.8, 4) is 11.5 Å². The molecule has 1 unspecified atom stereocenters. The van der Waals surface area contributed by atoms with E-state index in [1.807, 2.05) is 0 Å². The number of Topliss-reactive ketones (excluding diaryl/α,β-unsaturated/α-hetero) is 2. The number of carbonyl (C=O) groups is 3. The van der Waals surface area contributed by atoms with Gasteiger partial charge >= 0.3 is 5.97 Å². The third-order valence-corrected chi connectivity index (χ3v) is 4.89. The zero-order valence-electron chi connectivity index (χ0n) is 17.1. The number of hydrogen-bond acceptors (Lipinski definition) is 11. The topological polar surface area (TPSA) is 186 Å². The van der Waals surface area contributed by atoms with E-state index in [0.717, 1.165) is 19.9 Å². The summed E-state index contributed by atoms with van der Waals surface area (Å²) in [7, 11) is 1.32. The smallest absolute Gasteiger partial charge is 0.344 e. The molecule has 0 bridgehead atoms.